The normalized spacial score (nSPS) is 14.7. The lowest BCUT2D eigenvalue weighted by molar-refractivity contribution is -0.387. The van der Waals surface area contributed by atoms with Crippen LogP contribution >= 0.6 is 23.4 Å². The molecule has 1 fully saturated rings. The largest absolute Gasteiger partial charge is 0.336 e. The first-order valence-electron chi connectivity index (χ1n) is 12.4. The summed E-state index contributed by atoms with van der Waals surface area (Å²) in [6.07, 6.45) is 0. The Labute approximate surface area is 235 Å². The van der Waals surface area contributed by atoms with Gasteiger partial charge in [-0.25, -0.2) is 4.39 Å². The van der Waals surface area contributed by atoms with Crippen LogP contribution in [0.1, 0.15) is 27.5 Å². The lowest BCUT2D eigenvalue weighted by Crippen LogP contribution is -2.49. The summed E-state index contributed by atoms with van der Waals surface area (Å²) in [6.45, 7) is 2.29. The van der Waals surface area contributed by atoms with Crippen LogP contribution in [0.4, 0.5) is 10.1 Å². The Kier molecular flexibility index (Phi) is 8.26. The van der Waals surface area contributed by atoms with Crippen molar-refractivity contribution in [3.8, 4) is 0 Å². The minimum atomic E-state index is -0.489. The molecule has 0 radical (unpaired) electrons. The molecule has 5 rings (SSSR count). The van der Waals surface area contributed by atoms with Crippen LogP contribution < -0.4 is 0 Å². The fourth-order valence-corrected chi connectivity index (χ4v) is 5.80. The number of nitro groups is 1. The van der Waals surface area contributed by atoms with Crippen LogP contribution in [0.2, 0.25) is 5.02 Å². The molecule has 0 bridgehead atoms. The van der Waals surface area contributed by atoms with Gasteiger partial charge in [0.15, 0.2) is 0 Å². The third kappa shape index (κ3) is 6.30. The summed E-state index contributed by atoms with van der Waals surface area (Å²) in [5.74, 6) is -0.614. The molecule has 0 aromatic heterocycles. The van der Waals surface area contributed by atoms with Gasteiger partial charge in [0.05, 0.1) is 15.9 Å². The van der Waals surface area contributed by atoms with Gasteiger partial charge in [0.2, 0.25) is 0 Å². The van der Waals surface area contributed by atoms with Gasteiger partial charge < -0.3 is 4.90 Å². The molecule has 0 spiro atoms. The Morgan fingerprint density at radius 3 is 2.15 bits per heavy atom. The predicted octanol–water partition coefficient (Wildman–Crippen LogP) is 7.09. The lowest BCUT2D eigenvalue weighted by Gasteiger charge is -2.39. The lowest BCUT2D eigenvalue weighted by atomic mass is 9.96. The van der Waals surface area contributed by atoms with E-state index in [0.29, 0.717) is 41.0 Å². The highest BCUT2D eigenvalue weighted by Gasteiger charge is 2.29. The van der Waals surface area contributed by atoms with E-state index in [4.69, 9.17) is 11.6 Å². The third-order valence-corrected chi connectivity index (χ3v) is 8.04. The molecule has 198 valence electrons. The Hall–Kier alpha value is -3.72. The molecule has 1 aliphatic rings. The fourth-order valence-electron chi connectivity index (χ4n) is 4.77. The van der Waals surface area contributed by atoms with E-state index in [0.717, 1.165) is 22.9 Å². The number of halogens is 2. The van der Waals surface area contributed by atoms with E-state index in [1.165, 1.54) is 18.2 Å². The molecule has 1 aliphatic heterocycles. The molecular formula is C30H25ClFN3O3S. The minimum absolute atomic E-state index is 0.0181. The van der Waals surface area contributed by atoms with E-state index >= 15 is 0 Å². The second-order valence-corrected chi connectivity index (χ2v) is 10.7. The van der Waals surface area contributed by atoms with Crippen molar-refractivity contribution in [2.24, 2.45) is 0 Å². The van der Waals surface area contributed by atoms with Crippen LogP contribution in [0.3, 0.4) is 0 Å². The zero-order valence-electron chi connectivity index (χ0n) is 20.9. The Balaban J connectivity index is 1.31. The molecule has 1 atom stereocenters. The first-order valence-corrected chi connectivity index (χ1v) is 13.6. The molecule has 1 saturated heterocycles. The number of carbonyl (C=O) groups is 1. The maximum absolute atomic E-state index is 13.4. The molecule has 0 N–H and O–H groups in total. The van der Waals surface area contributed by atoms with Gasteiger partial charge in [0, 0.05) is 47.7 Å². The molecule has 1 heterocycles. The van der Waals surface area contributed by atoms with E-state index in [2.05, 4.69) is 17.0 Å². The van der Waals surface area contributed by atoms with Crippen molar-refractivity contribution in [2.75, 3.05) is 26.2 Å². The highest BCUT2D eigenvalue weighted by atomic mass is 35.5. The van der Waals surface area contributed by atoms with Crippen LogP contribution in [0.5, 0.6) is 0 Å². The fraction of sp³-hybridized carbons (Fsp3) is 0.167. The zero-order chi connectivity index (χ0) is 27.4. The van der Waals surface area contributed by atoms with E-state index in [-0.39, 0.29) is 29.0 Å². The smallest absolute Gasteiger partial charge is 0.284 e. The molecular weight excluding hydrogens is 537 g/mol. The van der Waals surface area contributed by atoms with E-state index in [1.54, 1.807) is 29.2 Å². The highest BCUT2D eigenvalue weighted by Crippen LogP contribution is 2.36. The number of hydrogen-bond donors (Lipinski definition) is 0. The van der Waals surface area contributed by atoms with Crippen LogP contribution in [0.25, 0.3) is 0 Å². The Morgan fingerprint density at radius 2 is 1.51 bits per heavy atom. The van der Waals surface area contributed by atoms with E-state index in [9.17, 15) is 19.3 Å². The maximum Gasteiger partial charge on any atom is 0.284 e. The SMILES string of the molecule is O=C(c1ccc(Sc2ccc(F)cc2)c([N+](=O)[O-])c1)N1CCN([C@@H](c2ccccc2)c2ccc(Cl)cc2)CC1. The topological polar surface area (TPSA) is 66.7 Å². The minimum Gasteiger partial charge on any atom is -0.336 e. The van der Waals surface area contributed by atoms with Gasteiger partial charge in [0.1, 0.15) is 5.82 Å². The molecule has 39 heavy (non-hydrogen) atoms. The van der Waals surface area contributed by atoms with Crippen molar-refractivity contribution >= 4 is 35.0 Å². The van der Waals surface area contributed by atoms with Crippen LogP contribution in [-0.2, 0) is 0 Å². The summed E-state index contributed by atoms with van der Waals surface area (Å²) in [4.78, 5) is 29.8. The van der Waals surface area contributed by atoms with Gasteiger partial charge in [-0.2, -0.15) is 0 Å². The van der Waals surface area contributed by atoms with Gasteiger partial charge in [-0.05, 0) is 59.7 Å². The molecule has 1 amide bonds. The van der Waals surface area contributed by atoms with Crippen LogP contribution in [-0.4, -0.2) is 46.8 Å². The maximum atomic E-state index is 13.4. The Bertz CT molecular complexity index is 1460. The first-order chi connectivity index (χ1) is 18.9. The van der Waals surface area contributed by atoms with Gasteiger partial charge in [0.25, 0.3) is 11.6 Å². The third-order valence-electron chi connectivity index (χ3n) is 6.71. The molecule has 6 nitrogen and oxygen atoms in total. The van der Waals surface area contributed by atoms with Crippen LogP contribution in [0.15, 0.2) is 107 Å². The average molecular weight is 562 g/mol. The van der Waals surface area contributed by atoms with Crippen molar-refractivity contribution in [3.63, 3.8) is 0 Å². The van der Waals surface area contributed by atoms with Crippen molar-refractivity contribution in [3.05, 3.63) is 135 Å². The molecule has 0 saturated carbocycles. The number of benzene rings is 4. The average Bonchev–Trinajstić information content (AvgIpc) is 2.96. The number of carbonyl (C=O) groups excluding carboxylic acids is 1. The standard InChI is InChI=1S/C30H25ClFN3O3S/c31-24-9-6-22(7-10-24)29(21-4-2-1-3-5-21)33-16-18-34(19-17-33)30(36)23-8-15-28(27(20-23)35(37)38)39-26-13-11-25(32)12-14-26/h1-15,20,29H,16-19H2/t29-/m0/s1. The number of hydrogen-bond acceptors (Lipinski definition) is 5. The molecule has 0 unspecified atom stereocenters. The summed E-state index contributed by atoms with van der Waals surface area (Å²) >= 11 is 7.29. The predicted molar refractivity (Wildman–Crippen MR) is 151 cm³/mol. The quantitative estimate of drug-likeness (QED) is 0.178. The number of nitrogens with zero attached hydrogens (tertiary/aromatic N) is 3. The number of amides is 1. The molecule has 4 aromatic carbocycles. The van der Waals surface area contributed by atoms with E-state index < -0.39 is 4.92 Å². The van der Waals surface area contributed by atoms with Crippen molar-refractivity contribution < 1.29 is 14.1 Å². The Morgan fingerprint density at radius 1 is 0.872 bits per heavy atom. The zero-order valence-corrected chi connectivity index (χ0v) is 22.4. The van der Waals surface area contributed by atoms with Gasteiger partial charge in [-0.3, -0.25) is 19.8 Å². The summed E-state index contributed by atoms with van der Waals surface area (Å²) in [5, 5.41) is 12.5. The van der Waals surface area contributed by atoms with Crippen LogP contribution in [0, 0.1) is 15.9 Å². The summed E-state index contributed by atoms with van der Waals surface area (Å²) in [7, 11) is 0. The van der Waals surface area contributed by atoms with Crippen molar-refractivity contribution in [1.29, 1.82) is 0 Å². The highest BCUT2D eigenvalue weighted by molar-refractivity contribution is 7.99. The number of nitro benzene ring substituents is 1. The van der Waals surface area contributed by atoms with E-state index in [1.807, 2.05) is 42.5 Å². The summed E-state index contributed by atoms with van der Waals surface area (Å²) in [5.41, 5.74) is 2.40. The summed E-state index contributed by atoms with van der Waals surface area (Å²) in [6, 6.07) is 28.4. The second-order valence-electron chi connectivity index (χ2n) is 9.19. The van der Waals surface area contributed by atoms with Crippen molar-refractivity contribution in [2.45, 2.75) is 15.8 Å². The number of piperazine rings is 1. The molecule has 9 heteroatoms. The number of rotatable bonds is 7. The van der Waals surface area contributed by atoms with Gasteiger partial charge in [-0.15, -0.1) is 0 Å². The van der Waals surface area contributed by atoms with Gasteiger partial charge >= 0.3 is 0 Å². The van der Waals surface area contributed by atoms with Crippen molar-refractivity contribution in [1.82, 2.24) is 9.80 Å². The second kappa shape index (κ2) is 12.0. The summed E-state index contributed by atoms with van der Waals surface area (Å²) < 4.78 is 13.2. The molecule has 0 aliphatic carbocycles. The monoisotopic (exact) mass is 561 g/mol. The molecule has 4 aromatic rings. The van der Waals surface area contributed by atoms with Gasteiger partial charge in [-0.1, -0.05) is 65.8 Å². The first kappa shape index (κ1) is 26.9.